The monoisotopic (exact) mass is 336 g/mol. The van der Waals surface area contributed by atoms with Gasteiger partial charge in [-0.1, -0.05) is 25.3 Å². The largest absolute Gasteiger partial charge is 0.494 e. The summed E-state index contributed by atoms with van der Waals surface area (Å²) in [6.07, 6.45) is 5.15. The molecule has 0 saturated heterocycles. The summed E-state index contributed by atoms with van der Waals surface area (Å²) in [7, 11) is 3.04. The maximum absolute atomic E-state index is 13.7. The second-order valence-corrected chi connectivity index (χ2v) is 6.27. The molecule has 2 amide bonds. The van der Waals surface area contributed by atoms with Gasteiger partial charge in [-0.25, -0.2) is 4.39 Å². The Hall–Kier alpha value is -2.11. The molecule has 2 rings (SSSR count). The van der Waals surface area contributed by atoms with Gasteiger partial charge in [-0.2, -0.15) is 0 Å². The molecule has 0 bridgehead atoms. The number of halogens is 1. The molecule has 0 spiro atoms. The predicted octanol–water partition coefficient (Wildman–Crippen LogP) is 2.49. The van der Waals surface area contributed by atoms with Crippen molar-refractivity contribution in [2.24, 2.45) is 5.92 Å². The van der Waals surface area contributed by atoms with Gasteiger partial charge in [-0.3, -0.25) is 9.59 Å². The van der Waals surface area contributed by atoms with E-state index in [1.54, 1.807) is 13.1 Å². The Morgan fingerprint density at radius 3 is 2.62 bits per heavy atom. The summed E-state index contributed by atoms with van der Waals surface area (Å²) in [5.74, 6) is -0.483. The topological polar surface area (TPSA) is 58.6 Å². The van der Waals surface area contributed by atoms with Crippen molar-refractivity contribution in [3.05, 3.63) is 29.6 Å². The highest BCUT2D eigenvalue weighted by atomic mass is 19.1. The maximum atomic E-state index is 13.7. The molecule has 132 valence electrons. The van der Waals surface area contributed by atoms with E-state index in [1.165, 1.54) is 30.6 Å². The van der Waals surface area contributed by atoms with E-state index in [2.05, 4.69) is 5.32 Å². The van der Waals surface area contributed by atoms with Crippen LogP contribution in [0, 0.1) is 11.7 Å². The molecule has 24 heavy (non-hydrogen) atoms. The van der Waals surface area contributed by atoms with E-state index in [0.717, 1.165) is 25.7 Å². The lowest BCUT2D eigenvalue weighted by Crippen LogP contribution is -2.40. The van der Waals surface area contributed by atoms with E-state index < -0.39 is 5.82 Å². The summed E-state index contributed by atoms with van der Waals surface area (Å²) in [4.78, 5) is 25.7. The highest BCUT2D eigenvalue weighted by Gasteiger charge is 2.21. The van der Waals surface area contributed by atoms with Crippen molar-refractivity contribution in [3.8, 4) is 5.75 Å². The van der Waals surface area contributed by atoms with Gasteiger partial charge in [0.2, 0.25) is 11.8 Å². The SMILES string of the molecule is COc1ccc(CN(C)C(=O)CNC(=O)C2CCCCC2)cc1F. The molecule has 0 atom stereocenters. The van der Waals surface area contributed by atoms with Crippen molar-refractivity contribution in [2.75, 3.05) is 20.7 Å². The summed E-state index contributed by atoms with van der Waals surface area (Å²) in [5.41, 5.74) is 0.669. The van der Waals surface area contributed by atoms with Crippen molar-refractivity contribution in [1.29, 1.82) is 0 Å². The lowest BCUT2D eigenvalue weighted by molar-refractivity contribution is -0.133. The van der Waals surface area contributed by atoms with E-state index in [1.807, 2.05) is 0 Å². The Kier molecular flexibility index (Phi) is 6.58. The van der Waals surface area contributed by atoms with Gasteiger partial charge in [0.1, 0.15) is 0 Å². The van der Waals surface area contributed by atoms with Gasteiger partial charge < -0.3 is 15.0 Å². The molecule has 6 heteroatoms. The normalized spacial score (nSPS) is 15.0. The quantitative estimate of drug-likeness (QED) is 0.868. The Labute approximate surface area is 142 Å². The first kappa shape index (κ1) is 18.2. The van der Waals surface area contributed by atoms with Crippen LogP contribution in [-0.2, 0) is 16.1 Å². The number of ether oxygens (including phenoxy) is 1. The Morgan fingerprint density at radius 2 is 2.00 bits per heavy atom. The molecule has 0 aromatic heterocycles. The van der Waals surface area contributed by atoms with Gasteiger partial charge in [0, 0.05) is 19.5 Å². The second kappa shape index (κ2) is 8.66. The van der Waals surface area contributed by atoms with Crippen LogP contribution in [0.5, 0.6) is 5.75 Å². The van der Waals surface area contributed by atoms with Crippen LogP contribution in [0.2, 0.25) is 0 Å². The third-order valence-corrected chi connectivity index (χ3v) is 4.45. The molecule has 1 fully saturated rings. The van der Waals surface area contributed by atoms with E-state index in [0.29, 0.717) is 5.56 Å². The van der Waals surface area contributed by atoms with Gasteiger partial charge in [0.05, 0.1) is 13.7 Å². The van der Waals surface area contributed by atoms with Crippen molar-refractivity contribution in [2.45, 2.75) is 38.6 Å². The minimum absolute atomic E-state index is 0.0233. The minimum atomic E-state index is -0.457. The van der Waals surface area contributed by atoms with Gasteiger partial charge >= 0.3 is 0 Å². The number of amides is 2. The number of carbonyl (C=O) groups excluding carboxylic acids is 2. The number of rotatable bonds is 6. The van der Waals surface area contributed by atoms with Crippen LogP contribution in [0.25, 0.3) is 0 Å². The van der Waals surface area contributed by atoms with E-state index >= 15 is 0 Å². The third kappa shape index (κ3) is 4.94. The summed E-state index contributed by atoms with van der Waals surface area (Å²) in [6.45, 7) is 0.253. The molecule has 1 aromatic rings. The highest BCUT2D eigenvalue weighted by molar-refractivity contribution is 5.85. The summed E-state index contributed by atoms with van der Waals surface area (Å²) < 4.78 is 18.5. The Balaban J connectivity index is 1.81. The number of benzene rings is 1. The average Bonchev–Trinajstić information content (AvgIpc) is 2.60. The first-order chi connectivity index (χ1) is 11.5. The van der Waals surface area contributed by atoms with Crippen molar-refractivity contribution < 1.29 is 18.7 Å². The van der Waals surface area contributed by atoms with Crippen LogP contribution >= 0.6 is 0 Å². The molecule has 0 heterocycles. The number of carbonyl (C=O) groups is 2. The predicted molar refractivity (Wildman–Crippen MR) is 89.0 cm³/mol. The number of hydrogen-bond acceptors (Lipinski definition) is 3. The molecular weight excluding hydrogens is 311 g/mol. The summed E-state index contributed by atoms with van der Waals surface area (Å²) >= 11 is 0. The fourth-order valence-corrected chi connectivity index (χ4v) is 2.98. The van der Waals surface area contributed by atoms with Crippen LogP contribution in [0.3, 0.4) is 0 Å². The third-order valence-electron chi connectivity index (χ3n) is 4.45. The molecule has 1 N–H and O–H groups in total. The van der Waals surface area contributed by atoms with Gasteiger partial charge in [-0.15, -0.1) is 0 Å². The highest BCUT2D eigenvalue weighted by Crippen LogP contribution is 2.23. The molecule has 1 saturated carbocycles. The van der Waals surface area contributed by atoms with Crippen molar-refractivity contribution >= 4 is 11.8 Å². The molecule has 1 aliphatic carbocycles. The minimum Gasteiger partial charge on any atom is -0.494 e. The zero-order chi connectivity index (χ0) is 17.5. The summed E-state index contributed by atoms with van der Waals surface area (Å²) in [5, 5.41) is 2.72. The van der Waals surface area contributed by atoms with Crippen molar-refractivity contribution in [1.82, 2.24) is 10.2 Å². The number of methoxy groups -OCH3 is 1. The maximum Gasteiger partial charge on any atom is 0.242 e. The average molecular weight is 336 g/mol. The van der Waals surface area contributed by atoms with Crippen LogP contribution in [-0.4, -0.2) is 37.4 Å². The van der Waals surface area contributed by atoms with Crippen LogP contribution < -0.4 is 10.1 Å². The number of nitrogens with zero attached hydrogens (tertiary/aromatic N) is 1. The lowest BCUT2D eigenvalue weighted by Gasteiger charge is -2.22. The van der Waals surface area contributed by atoms with E-state index in [-0.39, 0.29) is 36.6 Å². The molecule has 5 nitrogen and oxygen atoms in total. The molecule has 0 radical (unpaired) electrons. The zero-order valence-electron chi connectivity index (χ0n) is 14.3. The first-order valence-electron chi connectivity index (χ1n) is 8.35. The van der Waals surface area contributed by atoms with Gasteiger partial charge in [-0.05, 0) is 30.5 Å². The lowest BCUT2D eigenvalue weighted by atomic mass is 9.89. The number of hydrogen-bond donors (Lipinski definition) is 1. The first-order valence-corrected chi connectivity index (χ1v) is 8.35. The fourth-order valence-electron chi connectivity index (χ4n) is 2.98. The molecule has 0 unspecified atom stereocenters. The van der Waals surface area contributed by atoms with E-state index in [9.17, 15) is 14.0 Å². The smallest absolute Gasteiger partial charge is 0.242 e. The zero-order valence-corrected chi connectivity index (χ0v) is 14.3. The molecular formula is C18H25FN2O3. The Bertz CT molecular complexity index is 586. The number of likely N-dealkylation sites (N-methyl/N-ethyl adjacent to an activating group) is 1. The number of nitrogens with one attached hydrogen (secondary N) is 1. The second-order valence-electron chi connectivity index (χ2n) is 6.27. The van der Waals surface area contributed by atoms with Crippen molar-refractivity contribution in [3.63, 3.8) is 0 Å². The van der Waals surface area contributed by atoms with E-state index in [4.69, 9.17) is 4.74 Å². The van der Waals surface area contributed by atoms with Gasteiger partial charge in [0.25, 0.3) is 0 Å². The van der Waals surface area contributed by atoms with Gasteiger partial charge in [0.15, 0.2) is 11.6 Å². The molecule has 1 aliphatic rings. The molecule has 1 aromatic carbocycles. The standard InChI is InChI=1S/C18H25FN2O3/c1-21(12-13-8-9-16(24-2)15(19)10-13)17(22)11-20-18(23)14-6-4-3-5-7-14/h8-10,14H,3-7,11-12H2,1-2H3,(H,20,23). The van der Waals surface area contributed by atoms with Crippen LogP contribution in [0.15, 0.2) is 18.2 Å². The summed E-state index contributed by atoms with van der Waals surface area (Å²) in [6, 6.07) is 4.60. The fraction of sp³-hybridized carbons (Fsp3) is 0.556. The Morgan fingerprint density at radius 1 is 1.29 bits per heavy atom. The molecule has 0 aliphatic heterocycles. The van der Waals surface area contributed by atoms with Crippen LogP contribution in [0.1, 0.15) is 37.7 Å². The van der Waals surface area contributed by atoms with Crippen LogP contribution in [0.4, 0.5) is 4.39 Å².